The van der Waals surface area contributed by atoms with Crippen molar-refractivity contribution in [1.82, 2.24) is 0 Å². The smallest absolute Gasteiger partial charge is 0.124 e. The molecular weight excluding hydrogens is 414 g/mol. The van der Waals surface area contributed by atoms with Crippen molar-refractivity contribution in [2.45, 2.75) is 0 Å². The van der Waals surface area contributed by atoms with Crippen molar-refractivity contribution in [1.29, 1.82) is 0 Å². The Morgan fingerprint density at radius 1 is 0.750 bits per heavy atom. The van der Waals surface area contributed by atoms with Crippen molar-refractivity contribution >= 4 is 50.0 Å². The van der Waals surface area contributed by atoms with E-state index in [4.69, 9.17) is 0 Å². The zero-order valence-corrected chi connectivity index (χ0v) is 16.4. The lowest BCUT2D eigenvalue weighted by atomic mass is 10.1. The Morgan fingerprint density at radius 3 is 2.36 bits per heavy atom. The van der Waals surface area contributed by atoms with Crippen molar-refractivity contribution < 1.29 is 5.11 Å². The summed E-state index contributed by atoms with van der Waals surface area (Å²) in [5.74, 6) is 0.144. The predicted molar refractivity (Wildman–Crippen MR) is 118 cm³/mol. The molecule has 0 saturated heterocycles. The summed E-state index contributed by atoms with van der Waals surface area (Å²) < 4.78 is 0.942. The minimum atomic E-state index is 0.144. The molecule has 0 bridgehead atoms. The Hall–Kier alpha value is -3.31. The van der Waals surface area contributed by atoms with Gasteiger partial charge < -0.3 is 5.11 Å². The van der Waals surface area contributed by atoms with Crippen LogP contribution in [0.4, 0.5) is 17.1 Å². The lowest BCUT2D eigenvalue weighted by Crippen LogP contribution is -1.82. The van der Waals surface area contributed by atoms with Crippen LogP contribution in [0.2, 0.25) is 0 Å². The fourth-order valence-electron chi connectivity index (χ4n) is 2.82. The summed E-state index contributed by atoms with van der Waals surface area (Å²) in [6, 6.07) is 26.7. The minimum Gasteiger partial charge on any atom is -0.507 e. The molecule has 4 nitrogen and oxygen atoms in total. The van der Waals surface area contributed by atoms with Gasteiger partial charge in [-0.3, -0.25) is 4.99 Å². The summed E-state index contributed by atoms with van der Waals surface area (Å²) >= 11 is 3.42. The third kappa shape index (κ3) is 4.15. The SMILES string of the molecule is Oc1ccc(N=Nc2cccc(Br)c2)cc1C=Nc1cccc2ccccc12. The molecule has 0 heterocycles. The van der Waals surface area contributed by atoms with Gasteiger partial charge in [-0.2, -0.15) is 10.2 Å². The van der Waals surface area contributed by atoms with E-state index in [0.717, 1.165) is 26.6 Å². The zero-order chi connectivity index (χ0) is 19.3. The van der Waals surface area contributed by atoms with Crippen LogP contribution in [0, 0.1) is 0 Å². The zero-order valence-electron chi connectivity index (χ0n) is 14.8. The first-order valence-corrected chi connectivity index (χ1v) is 9.50. The number of hydrogen-bond donors (Lipinski definition) is 1. The van der Waals surface area contributed by atoms with Gasteiger partial charge in [0.05, 0.1) is 17.1 Å². The van der Waals surface area contributed by atoms with Gasteiger partial charge in [-0.25, -0.2) is 0 Å². The summed E-state index contributed by atoms with van der Waals surface area (Å²) in [5, 5.41) is 20.9. The van der Waals surface area contributed by atoms with Gasteiger partial charge in [0, 0.05) is 21.6 Å². The fourth-order valence-corrected chi connectivity index (χ4v) is 3.21. The molecule has 0 aliphatic carbocycles. The number of fused-ring (bicyclic) bond motifs is 1. The van der Waals surface area contributed by atoms with Crippen LogP contribution in [0.5, 0.6) is 5.75 Å². The van der Waals surface area contributed by atoms with Gasteiger partial charge in [-0.05, 0) is 47.9 Å². The second-order valence-electron chi connectivity index (χ2n) is 6.18. The largest absolute Gasteiger partial charge is 0.507 e. The maximum Gasteiger partial charge on any atom is 0.124 e. The average molecular weight is 430 g/mol. The maximum absolute atomic E-state index is 10.2. The van der Waals surface area contributed by atoms with Gasteiger partial charge in [0.1, 0.15) is 5.75 Å². The molecule has 0 unspecified atom stereocenters. The predicted octanol–water partition coefficient (Wildman–Crippen LogP) is 7.47. The molecule has 0 spiro atoms. The van der Waals surface area contributed by atoms with E-state index in [-0.39, 0.29) is 5.75 Å². The first-order chi connectivity index (χ1) is 13.7. The molecule has 4 aromatic carbocycles. The summed E-state index contributed by atoms with van der Waals surface area (Å²) in [6.07, 6.45) is 1.65. The fraction of sp³-hybridized carbons (Fsp3) is 0. The third-order valence-corrected chi connectivity index (χ3v) is 4.70. The van der Waals surface area contributed by atoms with Crippen molar-refractivity contribution in [3.05, 3.63) is 95.0 Å². The highest BCUT2D eigenvalue weighted by Gasteiger charge is 2.02. The molecule has 0 aromatic heterocycles. The van der Waals surface area contributed by atoms with Crippen LogP contribution in [0.3, 0.4) is 0 Å². The molecule has 0 radical (unpaired) electrons. The van der Waals surface area contributed by atoms with Crippen LogP contribution in [0.25, 0.3) is 10.8 Å². The summed E-state index contributed by atoms with van der Waals surface area (Å²) in [6.45, 7) is 0. The van der Waals surface area contributed by atoms with Crippen molar-refractivity contribution in [3.8, 4) is 5.75 Å². The van der Waals surface area contributed by atoms with E-state index in [1.807, 2.05) is 54.6 Å². The maximum atomic E-state index is 10.2. The highest BCUT2D eigenvalue weighted by molar-refractivity contribution is 9.10. The van der Waals surface area contributed by atoms with Crippen LogP contribution < -0.4 is 0 Å². The van der Waals surface area contributed by atoms with Gasteiger partial charge in [-0.15, -0.1) is 0 Å². The third-order valence-electron chi connectivity index (χ3n) is 4.21. The van der Waals surface area contributed by atoms with E-state index in [1.54, 1.807) is 24.4 Å². The molecule has 0 aliphatic rings. The molecule has 4 rings (SSSR count). The van der Waals surface area contributed by atoms with Crippen molar-refractivity contribution in [2.24, 2.45) is 15.2 Å². The van der Waals surface area contributed by atoms with E-state index in [0.29, 0.717) is 11.3 Å². The van der Waals surface area contributed by atoms with Crippen molar-refractivity contribution in [2.75, 3.05) is 0 Å². The summed E-state index contributed by atoms with van der Waals surface area (Å²) in [4.78, 5) is 4.57. The van der Waals surface area contributed by atoms with Gasteiger partial charge in [-0.1, -0.05) is 58.4 Å². The molecule has 1 N–H and O–H groups in total. The number of rotatable bonds is 4. The number of azo groups is 1. The number of phenolic OH excluding ortho intramolecular Hbond substituents is 1. The minimum absolute atomic E-state index is 0.144. The molecule has 0 amide bonds. The first kappa shape index (κ1) is 18.1. The molecule has 0 saturated carbocycles. The number of nitrogens with zero attached hydrogens (tertiary/aromatic N) is 3. The quantitative estimate of drug-likeness (QED) is 0.265. The van der Waals surface area contributed by atoms with Gasteiger partial charge in [0.25, 0.3) is 0 Å². The second kappa shape index (κ2) is 8.15. The summed E-state index contributed by atoms with van der Waals surface area (Å²) in [7, 11) is 0. The number of benzene rings is 4. The van der Waals surface area contributed by atoms with Crippen LogP contribution in [0.1, 0.15) is 5.56 Å². The topological polar surface area (TPSA) is 57.3 Å². The molecule has 0 atom stereocenters. The number of aliphatic imine (C=N–C) groups is 1. The molecule has 136 valence electrons. The molecule has 4 aromatic rings. The molecule has 5 heteroatoms. The van der Waals surface area contributed by atoms with E-state index < -0.39 is 0 Å². The summed E-state index contributed by atoms with van der Waals surface area (Å²) in [5.41, 5.74) is 2.81. The molecule has 0 aliphatic heterocycles. The Kier molecular flexibility index (Phi) is 5.26. The number of aromatic hydroxyl groups is 1. The lowest BCUT2D eigenvalue weighted by molar-refractivity contribution is 0.474. The van der Waals surface area contributed by atoms with E-state index >= 15 is 0 Å². The molecule has 28 heavy (non-hydrogen) atoms. The number of halogens is 1. The van der Waals surface area contributed by atoms with Crippen LogP contribution in [0.15, 0.2) is 105 Å². The highest BCUT2D eigenvalue weighted by atomic mass is 79.9. The van der Waals surface area contributed by atoms with E-state index in [1.165, 1.54) is 0 Å². The molecule has 0 fully saturated rings. The first-order valence-electron chi connectivity index (χ1n) is 8.71. The average Bonchev–Trinajstić information content (AvgIpc) is 2.72. The monoisotopic (exact) mass is 429 g/mol. The number of phenols is 1. The van der Waals surface area contributed by atoms with E-state index in [2.05, 4.69) is 43.3 Å². The Balaban J connectivity index is 1.63. The second-order valence-corrected chi connectivity index (χ2v) is 7.10. The number of hydrogen-bond acceptors (Lipinski definition) is 4. The normalized spacial score (nSPS) is 11.6. The van der Waals surface area contributed by atoms with Crippen molar-refractivity contribution in [3.63, 3.8) is 0 Å². The Bertz CT molecular complexity index is 1200. The molecular formula is C23H16BrN3O. The van der Waals surface area contributed by atoms with Crippen LogP contribution >= 0.6 is 15.9 Å². The van der Waals surface area contributed by atoms with Crippen LogP contribution in [-0.4, -0.2) is 11.3 Å². The van der Waals surface area contributed by atoms with Crippen LogP contribution in [-0.2, 0) is 0 Å². The van der Waals surface area contributed by atoms with Gasteiger partial charge >= 0.3 is 0 Å². The lowest BCUT2D eigenvalue weighted by Gasteiger charge is -2.03. The Morgan fingerprint density at radius 2 is 1.50 bits per heavy atom. The van der Waals surface area contributed by atoms with E-state index in [9.17, 15) is 5.11 Å². The van der Waals surface area contributed by atoms with Gasteiger partial charge in [0.2, 0.25) is 0 Å². The van der Waals surface area contributed by atoms with Gasteiger partial charge in [0.15, 0.2) is 0 Å². The highest BCUT2D eigenvalue weighted by Crippen LogP contribution is 2.28. The standard InChI is InChI=1S/C23H16BrN3O/c24-18-7-4-8-19(14-18)26-27-20-11-12-23(28)17(13-20)15-25-22-10-3-6-16-5-1-2-9-21(16)22/h1-15,28H. The Labute approximate surface area is 171 Å².